The number of unbranched alkanes of at least 4 members (excludes halogenated alkanes) is 4. The third-order valence-electron chi connectivity index (χ3n) is 3.30. The fourth-order valence-electron chi connectivity index (χ4n) is 2.07. The monoisotopic (exact) mass is 238 g/mol. The standard InChI is InChI=1S/C13H26N4/c1-4-5-6-7-8-9-12(14-2)10-13-15-11-16-17(13)3/h11-12,14H,4-10H2,1-3H3. The van der Waals surface area contributed by atoms with E-state index in [0.717, 1.165) is 12.2 Å². The average Bonchev–Trinajstić information content (AvgIpc) is 2.73. The predicted octanol–water partition coefficient (Wildman–Crippen LogP) is 2.31. The summed E-state index contributed by atoms with van der Waals surface area (Å²) < 4.78 is 1.86. The van der Waals surface area contributed by atoms with Gasteiger partial charge in [-0.3, -0.25) is 4.68 Å². The molecule has 98 valence electrons. The van der Waals surface area contributed by atoms with Crippen molar-refractivity contribution in [3.05, 3.63) is 12.2 Å². The minimum atomic E-state index is 0.527. The number of hydrogen-bond acceptors (Lipinski definition) is 3. The van der Waals surface area contributed by atoms with Crippen molar-refractivity contribution >= 4 is 0 Å². The van der Waals surface area contributed by atoms with Crippen molar-refractivity contribution in [3.63, 3.8) is 0 Å². The molecule has 0 aromatic carbocycles. The number of rotatable bonds is 9. The highest BCUT2D eigenvalue weighted by Gasteiger charge is 2.10. The van der Waals surface area contributed by atoms with Crippen LogP contribution in [0.3, 0.4) is 0 Å². The van der Waals surface area contributed by atoms with Crippen molar-refractivity contribution in [2.75, 3.05) is 7.05 Å². The molecule has 0 saturated heterocycles. The molecule has 0 bridgehead atoms. The molecule has 0 amide bonds. The van der Waals surface area contributed by atoms with Crippen molar-refractivity contribution in [1.29, 1.82) is 0 Å². The SMILES string of the molecule is CCCCCCCC(Cc1ncnn1C)NC. The zero-order valence-corrected chi connectivity index (χ0v) is 11.4. The largest absolute Gasteiger partial charge is 0.317 e. The Kier molecular flexibility index (Phi) is 6.86. The third-order valence-corrected chi connectivity index (χ3v) is 3.30. The van der Waals surface area contributed by atoms with Gasteiger partial charge in [0.1, 0.15) is 12.2 Å². The second-order valence-corrected chi connectivity index (χ2v) is 4.69. The van der Waals surface area contributed by atoms with Crippen LogP contribution in [0.2, 0.25) is 0 Å². The Bertz CT molecular complexity index is 295. The molecule has 1 heterocycles. The molecule has 1 rings (SSSR count). The quantitative estimate of drug-likeness (QED) is 0.671. The number of nitrogens with zero attached hydrogens (tertiary/aromatic N) is 3. The Morgan fingerprint density at radius 1 is 1.29 bits per heavy atom. The van der Waals surface area contributed by atoms with E-state index in [9.17, 15) is 0 Å². The number of nitrogens with one attached hydrogen (secondary N) is 1. The first-order chi connectivity index (χ1) is 8.27. The number of aromatic nitrogens is 3. The molecule has 1 unspecified atom stereocenters. The highest BCUT2D eigenvalue weighted by molar-refractivity contribution is 4.88. The van der Waals surface area contributed by atoms with Gasteiger partial charge >= 0.3 is 0 Å². The molecule has 0 aliphatic carbocycles. The first kappa shape index (κ1) is 14.2. The summed E-state index contributed by atoms with van der Waals surface area (Å²) in [5.41, 5.74) is 0. The maximum absolute atomic E-state index is 4.27. The van der Waals surface area contributed by atoms with Crippen molar-refractivity contribution in [2.24, 2.45) is 7.05 Å². The van der Waals surface area contributed by atoms with E-state index in [1.807, 2.05) is 18.8 Å². The van der Waals surface area contributed by atoms with E-state index in [1.54, 1.807) is 6.33 Å². The number of aryl methyl sites for hydroxylation is 1. The van der Waals surface area contributed by atoms with Crippen LogP contribution in [-0.2, 0) is 13.5 Å². The summed E-state index contributed by atoms with van der Waals surface area (Å²) >= 11 is 0. The number of hydrogen-bond donors (Lipinski definition) is 1. The van der Waals surface area contributed by atoms with Crippen molar-refractivity contribution in [3.8, 4) is 0 Å². The van der Waals surface area contributed by atoms with E-state index < -0.39 is 0 Å². The second-order valence-electron chi connectivity index (χ2n) is 4.69. The molecular weight excluding hydrogens is 212 g/mol. The molecule has 0 aliphatic heterocycles. The highest BCUT2D eigenvalue weighted by Crippen LogP contribution is 2.09. The summed E-state index contributed by atoms with van der Waals surface area (Å²) in [7, 11) is 3.99. The molecular formula is C13H26N4. The van der Waals surface area contributed by atoms with Gasteiger partial charge in [0.05, 0.1) is 0 Å². The van der Waals surface area contributed by atoms with Crippen LogP contribution in [0.1, 0.15) is 51.3 Å². The lowest BCUT2D eigenvalue weighted by atomic mass is 10.0. The highest BCUT2D eigenvalue weighted by atomic mass is 15.3. The van der Waals surface area contributed by atoms with Crippen LogP contribution in [0.5, 0.6) is 0 Å². The molecule has 4 nitrogen and oxygen atoms in total. The van der Waals surface area contributed by atoms with E-state index in [-0.39, 0.29) is 0 Å². The topological polar surface area (TPSA) is 42.7 Å². The van der Waals surface area contributed by atoms with Gasteiger partial charge in [-0.05, 0) is 13.5 Å². The van der Waals surface area contributed by atoms with Gasteiger partial charge in [-0.2, -0.15) is 5.10 Å². The summed E-state index contributed by atoms with van der Waals surface area (Å²) in [6, 6.07) is 0.527. The van der Waals surface area contributed by atoms with Gasteiger partial charge in [0, 0.05) is 19.5 Å². The molecule has 1 atom stereocenters. The van der Waals surface area contributed by atoms with Gasteiger partial charge in [0.2, 0.25) is 0 Å². The normalized spacial score (nSPS) is 12.9. The van der Waals surface area contributed by atoms with E-state index in [4.69, 9.17) is 0 Å². The lowest BCUT2D eigenvalue weighted by Crippen LogP contribution is -2.28. The molecule has 1 N–H and O–H groups in total. The zero-order valence-electron chi connectivity index (χ0n) is 11.4. The Hall–Kier alpha value is -0.900. The van der Waals surface area contributed by atoms with Gasteiger partial charge < -0.3 is 5.32 Å². The Morgan fingerprint density at radius 2 is 2.06 bits per heavy atom. The van der Waals surface area contributed by atoms with E-state index in [1.165, 1.54) is 38.5 Å². The fourth-order valence-corrected chi connectivity index (χ4v) is 2.07. The maximum Gasteiger partial charge on any atom is 0.138 e. The van der Waals surface area contributed by atoms with Crippen molar-refractivity contribution in [1.82, 2.24) is 20.1 Å². The molecule has 1 aromatic heterocycles. The minimum Gasteiger partial charge on any atom is -0.317 e. The molecule has 0 saturated carbocycles. The van der Waals surface area contributed by atoms with Gasteiger partial charge in [-0.25, -0.2) is 4.98 Å². The first-order valence-electron chi connectivity index (χ1n) is 6.78. The third kappa shape index (κ3) is 5.31. The molecule has 0 fully saturated rings. The summed E-state index contributed by atoms with van der Waals surface area (Å²) in [6.45, 7) is 2.25. The van der Waals surface area contributed by atoms with Crippen LogP contribution in [0.15, 0.2) is 6.33 Å². The number of likely N-dealkylation sites (N-methyl/N-ethyl adjacent to an activating group) is 1. The van der Waals surface area contributed by atoms with Crippen LogP contribution in [-0.4, -0.2) is 27.9 Å². The maximum atomic E-state index is 4.27. The van der Waals surface area contributed by atoms with Gasteiger partial charge in [-0.15, -0.1) is 0 Å². The van der Waals surface area contributed by atoms with E-state index >= 15 is 0 Å². The molecule has 17 heavy (non-hydrogen) atoms. The molecule has 0 radical (unpaired) electrons. The molecule has 4 heteroatoms. The average molecular weight is 238 g/mol. The first-order valence-corrected chi connectivity index (χ1v) is 6.78. The van der Waals surface area contributed by atoms with Crippen LogP contribution in [0, 0.1) is 0 Å². The van der Waals surface area contributed by atoms with Crippen LogP contribution >= 0.6 is 0 Å². The Labute approximate surface area is 105 Å². The summed E-state index contributed by atoms with van der Waals surface area (Å²) in [5.74, 6) is 1.07. The predicted molar refractivity (Wildman–Crippen MR) is 70.9 cm³/mol. The van der Waals surface area contributed by atoms with Gasteiger partial charge in [0.15, 0.2) is 0 Å². The zero-order chi connectivity index (χ0) is 12.5. The summed E-state index contributed by atoms with van der Waals surface area (Å²) in [4.78, 5) is 4.27. The Morgan fingerprint density at radius 3 is 2.65 bits per heavy atom. The van der Waals surface area contributed by atoms with Gasteiger partial charge in [-0.1, -0.05) is 39.0 Å². The lowest BCUT2D eigenvalue weighted by molar-refractivity contribution is 0.467. The Balaban J connectivity index is 2.22. The second kappa shape index (κ2) is 8.23. The fraction of sp³-hybridized carbons (Fsp3) is 0.846. The molecule has 0 spiro atoms. The van der Waals surface area contributed by atoms with Crippen LogP contribution in [0.4, 0.5) is 0 Å². The van der Waals surface area contributed by atoms with Crippen molar-refractivity contribution in [2.45, 2.75) is 57.9 Å². The van der Waals surface area contributed by atoms with E-state index in [0.29, 0.717) is 6.04 Å². The van der Waals surface area contributed by atoms with E-state index in [2.05, 4.69) is 22.3 Å². The van der Waals surface area contributed by atoms with Crippen LogP contribution < -0.4 is 5.32 Å². The molecule has 1 aromatic rings. The minimum absolute atomic E-state index is 0.527. The summed E-state index contributed by atoms with van der Waals surface area (Å²) in [5, 5.41) is 7.48. The van der Waals surface area contributed by atoms with Gasteiger partial charge in [0.25, 0.3) is 0 Å². The summed E-state index contributed by atoms with van der Waals surface area (Å²) in [6.07, 6.45) is 10.5. The van der Waals surface area contributed by atoms with Crippen molar-refractivity contribution < 1.29 is 0 Å². The lowest BCUT2D eigenvalue weighted by Gasteiger charge is -2.15. The smallest absolute Gasteiger partial charge is 0.138 e. The molecule has 0 aliphatic rings. The van der Waals surface area contributed by atoms with Crippen LogP contribution in [0.25, 0.3) is 0 Å².